The second-order valence-electron chi connectivity index (χ2n) is 5.71. The number of ether oxygens (including phenoxy) is 3. The van der Waals surface area contributed by atoms with Gasteiger partial charge < -0.3 is 14.2 Å². The summed E-state index contributed by atoms with van der Waals surface area (Å²) in [6.45, 7) is 2.28. The number of esters is 3. The van der Waals surface area contributed by atoms with E-state index in [0.717, 1.165) is 32.9 Å². The number of allylic oxidation sites excluding steroid dienone is 2. The Bertz CT molecular complexity index is 618. The first kappa shape index (κ1) is 36.1. The van der Waals surface area contributed by atoms with Gasteiger partial charge in [-0.15, -0.1) is 11.6 Å². The zero-order valence-corrected chi connectivity index (χ0v) is 18.7. The number of halogens is 10. The molecule has 0 amide bonds. The Hall–Kier alpha value is -2.45. The zero-order chi connectivity index (χ0) is 27.6. The summed E-state index contributed by atoms with van der Waals surface area (Å²) in [5.41, 5.74) is 0. The quantitative estimate of drug-likeness (QED) is 0.141. The molecule has 0 aromatic carbocycles. The number of alkyl halides is 10. The van der Waals surface area contributed by atoms with Crippen LogP contribution in [0.5, 0.6) is 0 Å². The number of hydrogen-bond acceptors (Lipinski definition) is 6. The van der Waals surface area contributed by atoms with Gasteiger partial charge in [0.1, 0.15) is 19.8 Å². The van der Waals surface area contributed by atoms with E-state index in [9.17, 15) is 53.9 Å². The van der Waals surface area contributed by atoms with Gasteiger partial charge in [0.2, 0.25) is 0 Å². The van der Waals surface area contributed by atoms with Crippen LogP contribution in [0, 0.1) is 0 Å². The fourth-order valence-corrected chi connectivity index (χ4v) is 1.45. The van der Waals surface area contributed by atoms with Crippen molar-refractivity contribution in [1.29, 1.82) is 0 Å². The first-order valence-corrected chi connectivity index (χ1v) is 9.18. The minimum absolute atomic E-state index is 0.0238. The van der Waals surface area contributed by atoms with Gasteiger partial charge in [0.05, 0.1) is 11.8 Å². The average molecular weight is 541 g/mol. The molecule has 1 atom stereocenters. The van der Waals surface area contributed by atoms with E-state index < -0.39 is 54.8 Å². The summed E-state index contributed by atoms with van der Waals surface area (Å²) in [7, 11) is 0. The van der Waals surface area contributed by atoms with Crippen LogP contribution >= 0.6 is 11.6 Å². The predicted molar refractivity (Wildman–Crippen MR) is 101 cm³/mol. The average Bonchev–Trinajstić information content (AvgIpc) is 2.59. The van der Waals surface area contributed by atoms with E-state index in [1.165, 1.54) is 0 Å². The van der Waals surface area contributed by atoms with Gasteiger partial charge in [-0.05, 0) is 12.2 Å². The summed E-state index contributed by atoms with van der Waals surface area (Å²) < 4.78 is 116. The van der Waals surface area contributed by atoms with Crippen LogP contribution in [-0.2, 0) is 28.6 Å². The van der Waals surface area contributed by atoms with Crippen LogP contribution in [0.2, 0.25) is 0 Å². The van der Waals surface area contributed by atoms with Crippen LogP contribution < -0.4 is 0 Å². The largest absolute Gasteiger partial charge is 0.464 e. The van der Waals surface area contributed by atoms with E-state index >= 15 is 0 Å². The highest BCUT2D eigenvalue weighted by Gasteiger charge is 2.31. The van der Waals surface area contributed by atoms with Crippen LogP contribution in [0.4, 0.5) is 39.5 Å². The summed E-state index contributed by atoms with van der Waals surface area (Å²) in [6, 6.07) is 0. The van der Waals surface area contributed by atoms with Gasteiger partial charge in [-0.2, -0.15) is 39.5 Å². The highest BCUT2D eigenvalue weighted by Crippen LogP contribution is 2.24. The van der Waals surface area contributed by atoms with Gasteiger partial charge in [0, 0.05) is 32.9 Å². The maximum Gasteiger partial charge on any atom is 0.409 e. The molecule has 0 radical (unpaired) electrons. The van der Waals surface area contributed by atoms with E-state index in [-0.39, 0.29) is 25.4 Å². The Morgan fingerprint density at radius 1 is 0.706 bits per heavy atom. The molecule has 34 heavy (non-hydrogen) atoms. The maximum atomic E-state index is 11.6. The van der Waals surface area contributed by atoms with Gasteiger partial charge in [-0.3, -0.25) is 14.4 Å². The van der Waals surface area contributed by atoms with Crippen LogP contribution in [0.15, 0.2) is 24.3 Å². The standard InChI is InChI=1S/C6H8ClF3O2.2C6H7F3O2/c1-4(11)12-3-5(7)2-6(8,9)10;2*1-5(10)11-4-2-3-6(7,8)9/h5H,2-3H2,1H3;2*2-3H,4H2,1H3/b;2*3-2-. The molecule has 0 saturated carbocycles. The second kappa shape index (κ2) is 18.0. The highest BCUT2D eigenvalue weighted by molar-refractivity contribution is 6.20. The van der Waals surface area contributed by atoms with E-state index in [2.05, 4.69) is 14.2 Å². The predicted octanol–water partition coefficient (Wildman–Crippen LogP) is 5.45. The molecule has 200 valence electrons. The molecule has 16 heteroatoms. The lowest BCUT2D eigenvalue weighted by atomic mass is 10.3. The number of carbonyl (C=O) groups is 3. The third kappa shape index (κ3) is 43.4. The van der Waals surface area contributed by atoms with Crippen molar-refractivity contribution < 1.29 is 68.1 Å². The fraction of sp³-hybridized carbons (Fsp3) is 0.611. The minimum Gasteiger partial charge on any atom is -0.464 e. The molecule has 0 aliphatic heterocycles. The molecule has 0 aromatic rings. The van der Waals surface area contributed by atoms with Gasteiger partial charge in [0.25, 0.3) is 0 Å². The Balaban J connectivity index is -0.000000425. The Labute approximate surface area is 193 Å². The second-order valence-corrected chi connectivity index (χ2v) is 6.33. The van der Waals surface area contributed by atoms with Crippen LogP contribution in [0.3, 0.4) is 0 Å². The molecule has 0 rings (SSSR count). The van der Waals surface area contributed by atoms with Gasteiger partial charge in [0.15, 0.2) is 0 Å². The van der Waals surface area contributed by atoms with Crippen LogP contribution in [0.25, 0.3) is 0 Å². The molecule has 6 nitrogen and oxygen atoms in total. The summed E-state index contributed by atoms with van der Waals surface area (Å²) in [5, 5.41) is -1.20. The maximum absolute atomic E-state index is 11.6. The van der Waals surface area contributed by atoms with E-state index in [4.69, 9.17) is 11.6 Å². The minimum atomic E-state index is -4.33. The van der Waals surface area contributed by atoms with E-state index in [1.54, 1.807) is 0 Å². The van der Waals surface area contributed by atoms with E-state index in [1.807, 2.05) is 0 Å². The molecule has 0 bridgehead atoms. The molecule has 0 aliphatic carbocycles. The van der Waals surface area contributed by atoms with Gasteiger partial charge >= 0.3 is 36.4 Å². The van der Waals surface area contributed by atoms with Crippen molar-refractivity contribution >= 4 is 29.5 Å². The van der Waals surface area contributed by atoms with E-state index in [0.29, 0.717) is 0 Å². The normalized spacial score (nSPS) is 12.7. The lowest BCUT2D eigenvalue weighted by Crippen LogP contribution is -2.20. The molecule has 0 fully saturated rings. The highest BCUT2D eigenvalue weighted by atomic mass is 35.5. The van der Waals surface area contributed by atoms with Crippen molar-refractivity contribution in [2.45, 2.75) is 51.1 Å². The van der Waals surface area contributed by atoms with Crippen molar-refractivity contribution in [3.05, 3.63) is 24.3 Å². The Morgan fingerprint density at radius 2 is 1.03 bits per heavy atom. The fourth-order valence-electron chi connectivity index (χ4n) is 1.21. The molecule has 0 aromatic heterocycles. The monoisotopic (exact) mass is 540 g/mol. The molecule has 0 saturated heterocycles. The lowest BCUT2D eigenvalue weighted by Gasteiger charge is -2.11. The van der Waals surface area contributed by atoms with Crippen LogP contribution in [-0.4, -0.2) is 61.6 Å². The van der Waals surface area contributed by atoms with Crippen molar-refractivity contribution in [3.8, 4) is 0 Å². The Morgan fingerprint density at radius 3 is 1.26 bits per heavy atom. The van der Waals surface area contributed by atoms with Gasteiger partial charge in [-0.1, -0.05) is 0 Å². The van der Waals surface area contributed by atoms with Crippen molar-refractivity contribution in [3.63, 3.8) is 0 Å². The Kier molecular flexibility index (Phi) is 19.1. The smallest absolute Gasteiger partial charge is 0.409 e. The summed E-state index contributed by atoms with van der Waals surface area (Å²) >= 11 is 5.21. The van der Waals surface area contributed by atoms with Crippen LogP contribution in [0.1, 0.15) is 27.2 Å². The zero-order valence-electron chi connectivity index (χ0n) is 17.9. The topological polar surface area (TPSA) is 78.9 Å². The number of rotatable bonds is 7. The molecule has 0 heterocycles. The first-order chi connectivity index (χ1) is 15.1. The summed E-state index contributed by atoms with van der Waals surface area (Å²) in [6.07, 6.45) is -12.6. The summed E-state index contributed by atoms with van der Waals surface area (Å²) in [5.74, 6) is -1.84. The van der Waals surface area contributed by atoms with Crippen molar-refractivity contribution in [2.24, 2.45) is 0 Å². The molecule has 0 spiro atoms. The number of carbonyl (C=O) groups excluding carboxylic acids is 3. The molecular weight excluding hydrogens is 519 g/mol. The lowest BCUT2D eigenvalue weighted by molar-refractivity contribution is -0.147. The third-order valence-corrected chi connectivity index (χ3v) is 2.58. The third-order valence-electron chi connectivity index (χ3n) is 2.30. The molecular formula is C18H22ClF9O6. The molecule has 0 aliphatic rings. The number of hydrogen-bond donors (Lipinski definition) is 0. The van der Waals surface area contributed by atoms with Crippen molar-refractivity contribution in [2.75, 3.05) is 19.8 Å². The molecule has 1 unspecified atom stereocenters. The van der Waals surface area contributed by atoms with Gasteiger partial charge in [-0.25, -0.2) is 0 Å². The van der Waals surface area contributed by atoms with Crippen molar-refractivity contribution in [1.82, 2.24) is 0 Å². The summed E-state index contributed by atoms with van der Waals surface area (Å²) in [4.78, 5) is 30.2. The molecule has 0 N–H and O–H groups in total. The SMILES string of the molecule is CC(=O)OC/C=C\C(F)(F)F.CC(=O)OC/C=C\C(F)(F)F.CC(=O)OCC(Cl)CC(F)(F)F. The first-order valence-electron chi connectivity index (χ1n) is 8.74.